The topological polar surface area (TPSA) is 196 Å². The van der Waals surface area contributed by atoms with Gasteiger partial charge < -0.3 is 36.2 Å². The number of fused-ring (bicyclic) bond motifs is 3. The SMILES string of the molecule is COCC(=O)Nc1cccc(-c2ccc(O)c3c2C[C@H]2C[C@H]4CC(=O)C(C(N)=O)=C(O)[C@@]4(O)C(=O)C2=C3O)c1. The first-order valence-corrected chi connectivity index (χ1v) is 12.2. The van der Waals surface area contributed by atoms with Crippen LogP contribution in [-0.2, 0) is 30.3 Å². The zero-order chi connectivity index (χ0) is 28.2. The number of aromatic hydroxyl groups is 1. The van der Waals surface area contributed by atoms with Gasteiger partial charge in [-0.25, -0.2) is 0 Å². The van der Waals surface area contributed by atoms with Crippen LogP contribution in [0.2, 0.25) is 0 Å². The van der Waals surface area contributed by atoms with E-state index in [4.69, 9.17) is 10.5 Å². The Morgan fingerprint density at radius 1 is 1.13 bits per heavy atom. The highest BCUT2D eigenvalue weighted by atomic mass is 16.5. The third-order valence-electron chi connectivity index (χ3n) is 7.68. The summed E-state index contributed by atoms with van der Waals surface area (Å²) in [6, 6.07) is 9.93. The number of aliphatic hydroxyl groups excluding tert-OH is 2. The van der Waals surface area contributed by atoms with Gasteiger partial charge in [0.2, 0.25) is 11.7 Å². The second-order valence-corrected chi connectivity index (χ2v) is 9.95. The number of nitrogens with two attached hydrogens (primary N) is 1. The van der Waals surface area contributed by atoms with Crippen LogP contribution in [0.3, 0.4) is 0 Å². The molecule has 39 heavy (non-hydrogen) atoms. The molecule has 3 aliphatic rings. The van der Waals surface area contributed by atoms with Gasteiger partial charge in [0.15, 0.2) is 11.4 Å². The number of aliphatic hydroxyl groups is 3. The molecule has 11 nitrogen and oxygen atoms in total. The van der Waals surface area contributed by atoms with Crippen LogP contribution in [0.5, 0.6) is 5.75 Å². The number of hydrogen-bond donors (Lipinski definition) is 6. The minimum Gasteiger partial charge on any atom is -0.508 e. The second-order valence-electron chi connectivity index (χ2n) is 9.95. The van der Waals surface area contributed by atoms with E-state index < -0.39 is 58.4 Å². The van der Waals surface area contributed by atoms with Crippen molar-refractivity contribution in [3.8, 4) is 16.9 Å². The number of primary amides is 1. The predicted molar refractivity (Wildman–Crippen MR) is 137 cm³/mol. The van der Waals surface area contributed by atoms with Crippen LogP contribution in [-0.4, -0.2) is 63.1 Å². The fraction of sp³-hybridized carbons (Fsp3) is 0.286. The molecule has 0 radical (unpaired) electrons. The molecule has 0 saturated heterocycles. The molecule has 11 heteroatoms. The van der Waals surface area contributed by atoms with Gasteiger partial charge in [-0.2, -0.15) is 0 Å². The number of anilines is 1. The lowest BCUT2D eigenvalue weighted by Gasteiger charge is -2.46. The zero-order valence-electron chi connectivity index (χ0n) is 20.9. The van der Waals surface area contributed by atoms with E-state index in [0.717, 1.165) is 0 Å². The lowest BCUT2D eigenvalue weighted by Crippen LogP contribution is -2.58. The highest BCUT2D eigenvalue weighted by molar-refractivity contribution is 6.22. The van der Waals surface area contributed by atoms with E-state index in [0.29, 0.717) is 22.4 Å². The quantitative estimate of drug-likeness (QED) is 0.309. The Hall–Kier alpha value is -4.48. The summed E-state index contributed by atoms with van der Waals surface area (Å²) in [5.74, 6) is -7.14. The smallest absolute Gasteiger partial charge is 0.255 e. The van der Waals surface area contributed by atoms with Gasteiger partial charge >= 0.3 is 0 Å². The third-order valence-corrected chi connectivity index (χ3v) is 7.68. The first-order valence-electron chi connectivity index (χ1n) is 12.2. The molecule has 202 valence electrons. The van der Waals surface area contributed by atoms with Crippen molar-refractivity contribution in [3.05, 3.63) is 64.4 Å². The number of nitrogens with one attached hydrogen (secondary N) is 1. The summed E-state index contributed by atoms with van der Waals surface area (Å²) in [5, 5.41) is 46.7. The van der Waals surface area contributed by atoms with Crippen molar-refractivity contribution < 1.29 is 44.3 Å². The van der Waals surface area contributed by atoms with Crippen LogP contribution in [0.15, 0.2) is 53.3 Å². The van der Waals surface area contributed by atoms with Gasteiger partial charge in [0.25, 0.3) is 5.91 Å². The number of ketones is 2. The number of ether oxygens (including phenoxy) is 1. The summed E-state index contributed by atoms with van der Waals surface area (Å²) in [5.41, 5.74) is 3.87. The molecule has 3 aliphatic carbocycles. The summed E-state index contributed by atoms with van der Waals surface area (Å²) < 4.78 is 4.84. The van der Waals surface area contributed by atoms with E-state index in [2.05, 4.69) is 5.32 Å². The molecule has 7 N–H and O–H groups in total. The number of carbonyl (C=O) groups is 4. The first kappa shape index (κ1) is 26.1. The largest absolute Gasteiger partial charge is 0.508 e. The average Bonchev–Trinajstić information content (AvgIpc) is 2.86. The zero-order valence-corrected chi connectivity index (χ0v) is 20.9. The summed E-state index contributed by atoms with van der Waals surface area (Å²) in [7, 11) is 1.40. The van der Waals surface area contributed by atoms with E-state index in [1.54, 1.807) is 30.3 Å². The molecule has 1 fully saturated rings. The molecule has 2 aromatic rings. The summed E-state index contributed by atoms with van der Waals surface area (Å²) in [4.78, 5) is 49.9. The number of benzene rings is 2. The number of methoxy groups -OCH3 is 1. The first-order chi connectivity index (χ1) is 18.5. The molecule has 0 spiro atoms. The van der Waals surface area contributed by atoms with E-state index in [-0.39, 0.29) is 42.2 Å². The molecular formula is C28H26N2O9. The Kier molecular flexibility index (Phi) is 6.28. The van der Waals surface area contributed by atoms with Crippen molar-refractivity contribution in [1.82, 2.24) is 0 Å². The number of hydrogen-bond acceptors (Lipinski definition) is 9. The van der Waals surface area contributed by atoms with Crippen molar-refractivity contribution in [2.75, 3.05) is 19.0 Å². The van der Waals surface area contributed by atoms with Crippen LogP contribution in [0.4, 0.5) is 5.69 Å². The maximum atomic E-state index is 13.6. The molecule has 2 aromatic carbocycles. The standard InChI is InChI=1S/C28H26N2O9/c1-39-11-20(33)30-15-4-2-3-12(8-15)16-5-6-18(31)22-17(16)9-13-7-14-10-19(32)23(27(29)37)26(36)28(14,38)25(35)21(13)24(22)34/h2-6,8,13-14,31,34,36,38H,7,9-11H2,1H3,(H2,29,37)(H,30,33)/t13-,14+,28+/m1/s1. The fourth-order valence-corrected chi connectivity index (χ4v) is 5.98. The summed E-state index contributed by atoms with van der Waals surface area (Å²) >= 11 is 0. The van der Waals surface area contributed by atoms with Gasteiger partial charge in [0, 0.05) is 30.7 Å². The number of Topliss-reactive ketones (excluding diaryl/α,β-unsaturated/α-hetero) is 2. The van der Waals surface area contributed by atoms with Crippen molar-refractivity contribution >= 4 is 34.8 Å². The van der Waals surface area contributed by atoms with Crippen molar-refractivity contribution in [2.24, 2.45) is 17.6 Å². The van der Waals surface area contributed by atoms with Gasteiger partial charge in [-0.1, -0.05) is 18.2 Å². The van der Waals surface area contributed by atoms with Gasteiger partial charge in [0.1, 0.15) is 29.4 Å². The Balaban J connectivity index is 1.62. The normalized spacial score (nSPS) is 24.2. The molecule has 0 aliphatic heterocycles. The predicted octanol–water partition coefficient (Wildman–Crippen LogP) is 1.68. The molecule has 5 rings (SSSR count). The van der Waals surface area contributed by atoms with Gasteiger partial charge in [-0.15, -0.1) is 0 Å². The molecule has 1 saturated carbocycles. The molecule has 2 amide bonds. The highest BCUT2D eigenvalue weighted by Crippen LogP contribution is 2.53. The van der Waals surface area contributed by atoms with Gasteiger partial charge in [0.05, 0.1) is 5.56 Å². The summed E-state index contributed by atoms with van der Waals surface area (Å²) in [6.07, 6.45) is -0.193. The fourth-order valence-electron chi connectivity index (χ4n) is 5.98. The Labute approximate surface area is 222 Å². The van der Waals surface area contributed by atoms with Crippen molar-refractivity contribution in [3.63, 3.8) is 0 Å². The highest BCUT2D eigenvalue weighted by Gasteiger charge is 2.60. The van der Waals surface area contributed by atoms with E-state index in [1.807, 2.05) is 0 Å². The number of rotatable bonds is 5. The van der Waals surface area contributed by atoms with Crippen LogP contribution in [0.1, 0.15) is 24.0 Å². The van der Waals surface area contributed by atoms with Crippen LogP contribution in [0, 0.1) is 11.8 Å². The van der Waals surface area contributed by atoms with Crippen molar-refractivity contribution in [1.29, 1.82) is 0 Å². The molecule has 0 unspecified atom stereocenters. The Morgan fingerprint density at radius 3 is 2.56 bits per heavy atom. The Morgan fingerprint density at radius 2 is 1.87 bits per heavy atom. The molecule has 0 bridgehead atoms. The molecular weight excluding hydrogens is 508 g/mol. The van der Waals surface area contributed by atoms with Crippen molar-refractivity contribution in [2.45, 2.75) is 24.9 Å². The van der Waals surface area contributed by atoms with Crippen LogP contribution in [0.25, 0.3) is 16.9 Å². The van der Waals surface area contributed by atoms with E-state index >= 15 is 0 Å². The van der Waals surface area contributed by atoms with Gasteiger partial charge in [-0.3, -0.25) is 19.2 Å². The van der Waals surface area contributed by atoms with Crippen LogP contribution < -0.4 is 11.1 Å². The number of phenolic OH excluding ortho intramolecular Hbond substituents is 1. The number of amides is 2. The summed E-state index contributed by atoms with van der Waals surface area (Å²) in [6.45, 7) is -0.127. The minimum atomic E-state index is -2.61. The van der Waals surface area contributed by atoms with Crippen LogP contribution >= 0.6 is 0 Å². The molecule has 0 heterocycles. The third kappa shape index (κ3) is 3.98. The minimum absolute atomic E-state index is 0.00606. The maximum absolute atomic E-state index is 13.6. The van der Waals surface area contributed by atoms with E-state index in [1.165, 1.54) is 13.2 Å². The maximum Gasteiger partial charge on any atom is 0.255 e. The second kappa shape index (κ2) is 9.37. The molecule has 3 atom stereocenters. The monoisotopic (exact) mass is 534 g/mol. The number of phenols is 1. The Bertz CT molecular complexity index is 1520. The van der Waals surface area contributed by atoms with E-state index in [9.17, 15) is 39.6 Å². The molecule has 0 aromatic heterocycles. The average molecular weight is 535 g/mol. The number of carbonyl (C=O) groups excluding carboxylic acids is 4. The van der Waals surface area contributed by atoms with Gasteiger partial charge in [-0.05, 0) is 53.6 Å². The lowest BCUT2D eigenvalue weighted by molar-refractivity contribution is -0.147. The lowest BCUT2D eigenvalue weighted by atomic mass is 9.59.